The van der Waals surface area contributed by atoms with E-state index in [1.807, 2.05) is 24.0 Å². The lowest BCUT2D eigenvalue weighted by Gasteiger charge is -2.18. The summed E-state index contributed by atoms with van der Waals surface area (Å²) in [5.74, 6) is 0. The van der Waals surface area contributed by atoms with E-state index in [0.29, 0.717) is 0 Å². The molecular formula is C14H17NS. The molecule has 2 aromatic rings. The molecule has 1 nitrogen and oxygen atoms in total. The standard InChI is InChI=1S/C14H17NS/c1-10-7-8-12(16-14(2,3)4)13-11(10)6-5-9-15-13/h5-9H,1-4H3. The molecule has 1 heterocycles. The Morgan fingerprint density at radius 1 is 1.12 bits per heavy atom. The van der Waals surface area contributed by atoms with E-state index in [1.165, 1.54) is 15.8 Å². The van der Waals surface area contributed by atoms with Gasteiger partial charge in [-0.05, 0) is 24.6 Å². The van der Waals surface area contributed by atoms with E-state index in [2.05, 4.69) is 50.9 Å². The van der Waals surface area contributed by atoms with E-state index in [4.69, 9.17) is 0 Å². The van der Waals surface area contributed by atoms with E-state index in [-0.39, 0.29) is 4.75 Å². The third-order valence-corrected chi connectivity index (χ3v) is 3.53. The molecular weight excluding hydrogens is 214 g/mol. The van der Waals surface area contributed by atoms with Gasteiger partial charge in [0.15, 0.2) is 0 Å². The van der Waals surface area contributed by atoms with Gasteiger partial charge < -0.3 is 0 Å². The second-order valence-electron chi connectivity index (χ2n) is 4.99. The van der Waals surface area contributed by atoms with E-state index in [9.17, 15) is 0 Å². The first-order valence-electron chi connectivity index (χ1n) is 5.51. The van der Waals surface area contributed by atoms with Gasteiger partial charge in [0.2, 0.25) is 0 Å². The minimum atomic E-state index is 0.222. The summed E-state index contributed by atoms with van der Waals surface area (Å²) in [4.78, 5) is 5.78. The van der Waals surface area contributed by atoms with Crippen LogP contribution in [0.2, 0.25) is 0 Å². The molecule has 0 N–H and O–H groups in total. The number of pyridine rings is 1. The van der Waals surface area contributed by atoms with E-state index in [0.717, 1.165) is 5.52 Å². The average Bonchev–Trinajstić information content (AvgIpc) is 2.21. The first kappa shape index (κ1) is 11.5. The number of hydrogen-bond donors (Lipinski definition) is 0. The molecule has 1 aromatic carbocycles. The van der Waals surface area contributed by atoms with E-state index >= 15 is 0 Å². The SMILES string of the molecule is Cc1ccc(SC(C)(C)C)c2ncccc12. The molecule has 0 bridgehead atoms. The van der Waals surface area contributed by atoms with Gasteiger partial charge in [0.25, 0.3) is 0 Å². The Kier molecular flexibility index (Phi) is 2.94. The zero-order chi connectivity index (χ0) is 11.8. The number of thioether (sulfide) groups is 1. The largest absolute Gasteiger partial charge is 0.255 e. The quantitative estimate of drug-likeness (QED) is 0.673. The molecule has 0 atom stereocenters. The highest BCUT2D eigenvalue weighted by atomic mass is 32.2. The van der Waals surface area contributed by atoms with Crippen LogP contribution >= 0.6 is 11.8 Å². The molecule has 0 unspecified atom stereocenters. The van der Waals surface area contributed by atoms with E-state index in [1.54, 1.807) is 0 Å². The minimum Gasteiger partial charge on any atom is -0.255 e. The summed E-state index contributed by atoms with van der Waals surface area (Å²) >= 11 is 1.88. The van der Waals surface area contributed by atoms with Crippen molar-refractivity contribution in [3.63, 3.8) is 0 Å². The topological polar surface area (TPSA) is 12.9 Å². The number of benzene rings is 1. The van der Waals surface area contributed by atoms with Gasteiger partial charge in [0, 0.05) is 21.2 Å². The Morgan fingerprint density at radius 3 is 2.56 bits per heavy atom. The van der Waals surface area contributed by atoms with Gasteiger partial charge in [-0.15, -0.1) is 11.8 Å². The smallest absolute Gasteiger partial charge is 0.0840 e. The van der Waals surface area contributed by atoms with Crippen LogP contribution in [-0.2, 0) is 0 Å². The first-order chi connectivity index (χ1) is 7.47. The van der Waals surface area contributed by atoms with E-state index < -0.39 is 0 Å². The van der Waals surface area contributed by atoms with Crippen molar-refractivity contribution in [2.45, 2.75) is 37.3 Å². The maximum absolute atomic E-state index is 4.51. The third-order valence-electron chi connectivity index (χ3n) is 2.37. The Balaban J connectivity index is 2.59. The van der Waals surface area contributed by atoms with Crippen molar-refractivity contribution in [2.75, 3.05) is 0 Å². The third kappa shape index (κ3) is 2.38. The van der Waals surface area contributed by atoms with Crippen molar-refractivity contribution in [1.82, 2.24) is 4.98 Å². The minimum absolute atomic E-state index is 0.222. The fraction of sp³-hybridized carbons (Fsp3) is 0.357. The first-order valence-corrected chi connectivity index (χ1v) is 6.32. The molecule has 0 saturated heterocycles. The summed E-state index contributed by atoms with van der Waals surface area (Å²) in [5.41, 5.74) is 2.42. The number of rotatable bonds is 1. The predicted molar refractivity (Wildman–Crippen MR) is 72.1 cm³/mol. The molecule has 0 fully saturated rings. The lowest BCUT2D eigenvalue weighted by Crippen LogP contribution is -2.06. The van der Waals surface area contributed by atoms with Crippen LogP contribution in [0.4, 0.5) is 0 Å². The van der Waals surface area contributed by atoms with Crippen molar-refractivity contribution in [2.24, 2.45) is 0 Å². The van der Waals surface area contributed by atoms with Gasteiger partial charge in [-0.2, -0.15) is 0 Å². The van der Waals surface area contributed by atoms with Gasteiger partial charge in [-0.1, -0.05) is 32.9 Å². The molecule has 16 heavy (non-hydrogen) atoms. The van der Waals surface area contributed by atoms with Crippen molar-refractivity contribution in [3.8, 4) is 0 Å². The summed E-state index contributed by atoms with van der Waals surface area (Å²) in [6.07, 6.45) is 1.87. The fourth-order valence-electron chi connectivity index (χ4n) is 1.70. The molecule has 2 rings (SSSR count). The molecule has 0 aliphatic carbocycles. The summed E-state index contributed by atoms with van der Waals surface area (Å²) in [7, 11) is 0. The number of nitrogens with zero attached hydrogens (tertiary/aromatic N) is 1. The van der Waals surface area contributed by atoms with Gasteiger partial charge in [0.05, 0.1) is 5.52 Å². The summed E-state index contributed by atoms with van der Waals surface area (Å²) in [6.45, 7) is 8.82. The molecule has 84 valence electrons. The Morgan fingerprint density at radius 2 is 1.88 bits per heavy atom. The molecule has 0 spiro atoms. The van der Waals surface area contributed by atoms with Crippen molar-refractivity contribution >= 4 is 22.7 Å². The fourth-order valence-corrected chi connectivity index (χ4v) is 2.76. The number of fused-ring (bicyclic) bond motifs is 1. The van der Waals surface area contributed by atoms with Gasteiger partial charge in [0.1, 0.15) is 0 Å². The molecule has 0 aliphatic rings. The van der Waals surface area contributed by atoms with Crippen LogP contribution in [0.15, 0.2) is 35.4 Å². The molecule has 0 amide bonds. The highest BCUT2D eigenvalue weighted by Gasteiger charge is 2.14. The molecule has 1 aromatic heterocycles. The van der Waals surface area contributed by atoms with Crippen LogP contribution in [0.1, 0.15) is 26.3 Å². The second kappa shape index (κ2) is 4.10. The molecule has 0 aliphatic heterocycles. The van der Waals surface area contributed by atoms with Gasteiger partial charge in [-0.25, -0.2) is 0 Å². The Hall–Kier alpha value is -1.02. The summed E-state index contributed by atoms with van der Waals surface area (Å²) in [5, 5.41) is 1.26. The van der Waals surface area contributed by atoms with Gasteiger partial charge in [-0.3, -0.25) is 4.98 Å². The zero-order valence-corrected chi connectivity index (χ0v) is 11.1. The monoisotopic (exact) mass is 231 g/mol. The molecule has 0 saturated carbocycles. The number of hydrogen-bond acceptors (Lipinski definition) is 2. The Labute approximate surface area is 101 Å². The highest BCUT2D eigenvalue weighted by Crippen LogP contribution is 2.36. The summed E-state index contributed by atoms with van der Waals surface area (Å²) in [6, 6.07) is 8.50. The second-order valence-corrected chi connectivity index (χ2v) is 6.86. The maximum atomic E-state index is 4.51. The van der Waals surface area contributed by atoms with Crippen molar-refractivity contribution in [1.29, 1.82) is 0 Å². The van der Waals surface area contributed by atoms with Crippen LogP contribution in [0, 0.1) is 6.92 Å². The van der Waals surface area contributed by atoms with Crippen LogP contribution in [0.3, 0.4) is 0 Å². The van der Waals surface area contributed by atoms with Crippen LogP contribution < -0.4 is 0 Å². The van der Waals surface area contributed by atoms with Gasteiger partial charge >= 0.3 is 0 Å². The predicted octanol–water partition coefficient (Wildman–Crippen LogP) is 4.43. The average molecular weight is 231 g/mol. The maximum Gasteiger partial charge on any atom is 0.0840 e. The number of aromatic nitrogens is 1. The van der Waals surface area contributed by atoms with Crippen LogP contribution in [0.5, 0.6) is 0 Å². The lowest BCUT2D eigenvalue weighted by molar-refractivity contribution is 0.803. The number of aryl methyl sites for hydroxylation is 1. The highest BCUT2D eigenvalue weighted by molar-refractivity contribution is 8.00. The van der Waals surface area contributed by atoms with Crippen molar-refractivity contribution in [3.05, 3.63) is 36.0 Å². The Bertz CT molecular complexity index is 512. The normalized spacial score (nSPS) is 12.0. The van der Waals surface area contributed by atoms with Crippen molar-refractivity contribution < 1.29 is 0 Å². The lowest BCUT2D eigenvalue weighted by atomic mass is 10.1. The van der Waals surface area contributed by atoms with Crippen LogP contribution in [0.25, 0.3) is 10.9 Å². The molecule has 2 heteroatoms. The van der Waals surface area contributed by atoms with Crippen LogP contribution in [-0.4, -0.2) is 9.73 Å². The zero-order valence-electron chi connectivity index (χ0n) is 10.2. The molecule has 0 radical (unpaired) electrons. The summed E-state index contributed by atoms with van der Waals surface area (Å²) < 4.78 is 0.222.